The molecule has 0 unspecified atom stereocenters. The van der Waals surface area contributed by atoms with Gasteiger partial charge in [0.2, 0.25) is 0 Å². The Balaban J connectivity index is 4.60. The van der Waals surface area contributed by atoms with E-state index in [9.17, 15) is 0 Å². The molecule has 5 nitrogen and oxygen atoms in total. The van der Waals surface area contributed by atoms with Crippen LogP contribution in [0.3, 0.4) is 0 Å². The van der Waals surface area contributed by atoms with Crippen molar-refractivity contribution in [1.29, 1.82) is 0 Å². The molecule has 0 aromatic rings. The van der Waals surface area contributed by atoms with Gasteiger partial charge in [-0.2, -0.15) is 5.10 Å². The molecular weight excluding hydrogens is 166 g/mol. The van der Waals surface area contributed by atoms with Crippen molar-refractivity contribution < 1.29 is 0 Å². The normalized spacial score (nSPS) is 12.5. The largest absolute Gasteiger partial charge is 0.381 e. The van der Waals surface area contributed by atoms with Gasteiger partial charge in [-0.1, -0.05) is 11.6 Å². The van der Waals surface area contributed by atoms with Gasteiger partial charge in [-0.05, 0) is 19.9 Å². The van der Waals surface area contributed by atoms with Crippen LogP contribution in [0, 0.1) is 0 Å². The number of hydrogen-bond acceptors (Lipinski definition) is 4. The molecule has 0 aromatic carbocycles. The highest BCUT2D eigenvalue weighted by molar-refractivity contribution is 5.96. The van der Waals surface area contributed by atoms with Gasteiger partial charge >= 0.3 is 0 Å². The Hall–Kier alpha value is -1.49. The van der Waals surface area contributed by atoms with E-state index in [1.807, 2.05) is 19.9 Å². The lowest BCUT2D eigenvalue weighted by molar-refractivity contribution is 0.710. The smallest absolute Gasteiger partial charge is 0.167 e. The van der Waals surface area contributed by atoms with Crippen molar-refractivity contribution in [3.05, 3.63) is 23.4 Å². The maximum absolute atomic E-state index is 5.51. The van der Waals surface area contributed by atoms with Crippen molar-refractivity contribution in [3.8, 4) is 0 Å². The summed E-state index contributed by atoms with van der Waals surface area (Å²) >= 11 is 0. The van der Waals surface area contributed by atoms with Crippen molar-refractivity contribution in [1.82, 2.24) is 10.9 Å². The van der Waals surface area contributed by atoms with Crippen LogP contribution in [0.5, 0.6) is 0 Å². The number of hydrazone groups is 1. The van der Waals surface area contributed by atoms with E-state index >= 15 is 0 Å². The second kappa shape index (κ2) is 6.07. The SMILES string of the molecule is CNNC(=CC=C(C)C)C(N)=NN. The molecule has 0 saturated carbocycles. The van der Waals surface area contributed by atoms with E-state index in [1.165, 1.54) is 5.57 Å². The van der Waals surface area contributed by atoms with E-state index in [4.69, 9.17) is 11.6 Å². The van der Waals surface area contributed by atoms with Crippen LogP contribution in [-0.4, -0.2) is 12.9 Å². The van der Waals surface area contributed by atoms with E-state index in [2.05, 4.69) is 16.0 Å². The molecule has 0 atom stereocenters. The Morgan fingerprint density at radius 3 is 2.31 bits per heavy atom. The number of hydrazine groups is 1. The number of nitrogens with zero attached hydrogens (tertiary/aromatic N) is 1. The highest BCUT2D eigenvalue weighted by Gasteiger charge is 1.98. The minimum absolute atomic E-state index is 0.256. The lowest BCUT2D eigenvalue weighted by Crippen LogP contribution is -2.34. The fraction of sp³-hybridized carbons (Fsp3) is 0.375. The predicted molar refractivity (Wildman–Crippen MR) is 55.5 cm³/mol. The van der Waals surface area contributed by atoms with Gasteiger partial charge in [0.25, 0.3) is 0 Å². The number of amidine groups is 1. The third-order valence-electron chi connectivity index (χ3n) is 1.26. The van der Waals surface area contributed by atoms with Gasteiger partial charge in [0.15, 0.2) is 5.84 Å². The van der Waals surface area contributed by atoms with Gasteiger partial charge in [0, 0.05) is 7.05 Å². The van der Waals surface area contributed by atoms with Crippen molar-refractivity contribution in [2.24, 2.45) is 16.7 Å². The van der Waals surface area contributed by atoms with E-state index in [-0.39, 0.29) is 5.84 Å². The van der Waals surface area contributed by atoms with Gasteiger partial charge < -0.3 is 17.0 Å². The molecule has 74 valence electrons. The van der Waals surface area contributed by atoms with Crippen LogP contribution in [0.25, 0.3) is 0 Å². The quantitative estimate of drug-likeness (QED) is 0.160. The number of hydrogen-bond donors (Lipinski definition) is 4. The Bertz CT molecular complexity index is 235. The first-order valence-electron chi connectivity index (χ1n) is 3.93. The van der Waals surface area contributed by atoms with Crippen LogP contribution >= 0.6 is 0 Å². The maximum atomic E-state index is 5.51. The Morgan fingerprint density at radius 2 is 1.92 bits per heavy atom. The fourth-order valence-corrected chi connectivity index (χ4v) is 0.645. The third-order valence-corrected chi connectivity index (χ3v) is 1.26. The molecule has 0 radical (unpaired) electrons. The minimum atomic E-state index is 0.256. The average molecular weight is 183 g/mol. The van der Waals surface area contributed by atoms with Crippen molar-refractivity contribution in [2.75, 3.05) is 7.05 Å². The first-order chi connectivity index (χ1) is 6.11. The fourth-order valence-electron chi connectivity index (χ4n) is 0.645. The van der Waals surface area contributed by atoms with Crippen LogP contribution in [-0.2, 0) is 0 Å². The zero-order valence-electron chi connectivity index (χ0n) is 8.26. The van der Waals surface area contributed by atoms with Crippen LogP contribution in [0.1, 0.15) is 13.8 Å². The summed E-state index contributed by atoms with van der Waals surface area (Å²) in [5.41, 5.74) is 12.9. The molecule has 0 amide bonds. The lowest BCUT2D eigenvalue weighted by atomic mass is 10.3. The molecule has 0 aliphatic heterocycles. The van der Waals surface area contributed by atoms with Crippen molar-refractivity contribution >= 4 is 5.84 Å². The molecule has 0 fully saturated rings. The highest BCUT2D eigenvalue weighted by Crippen LogP contribution is 1.93. The average Bonchev–Trinajstić information content (AvgIpc) is 2.10. The zero-order valence-corrected chi connectivity index (χ0v) is 8.26. The second-order valence-electron chi connectivity index (χ2n) is 2.71. The molecular formula is C8H17N5. The third kappa shape index (κ3) is 4.86. The van der Waals surface area contributed by atoms with E-state index in [1.54, 1.807) is 13.1 Å². The first-order valence-corrected chi connectivity index (χ1v) is 3.93. The number of nitrogens with one attached hydrogen (secondary N) is 2. The van der Waals surface area contributed by atoms with Crippen LogP contribution < -0.4 is 22.4 Å². The number of rotatable bonds is 4. The summed E-state index contributed by atoms with van der Waals surface area (Å²) in [7, 11) is 1.74. The molecule has 0 aromatic heterocycles. The van der Waals surface area contributed by atoms with Crippen LogP contribution in [0.4, 0.5) is 0 Å². The molecule has 0 heterocycles. The second-order valence-corrected chi connectivity index (χ2v) is 2.71. The van der Waals surface area contributed by atoms with Gasteiger partial charge in [-0.3, -0.25) is 0 Å². The maximum Gasteiger partial charge on any atom is 0.167 e. The lowest BCUT2D eigenvalue weighted by Gasteiger charge is -2.06. The molecule has 0 aliphatic rings. The van der Waals surface area contributed by atoms with Crippen molar-refractivity contribution in [2.45, 2.75) is 13.8 Å². The highest BCUT2D eigenvalue weighted by atomic mass is 15.4. The Kier molecular flexibility index (Phi) is 5.38. The molecule has 0 aliphatic carbocycles. The van der Waals surface area contributed by atoms with E-state index in [0.717, 1.165) is 0 Å². The number of allylic oxidation sites excluding steroid dienone is 3. The van der Waals surface area contributed by atoms with Crippen molar-refractivity contribution in [3.63, 3.8) is 0 Å². The summed E-state index contributed by atoms with van der Waals surface area (Å²) in [5.74, 6) is 5.30. The van der Waals surface area contributed by atoms with Crippen LogP contribution in [0.15, 0.2) is 28.5 Å². The summed E-state index contributed by atoms with van der Waals surface area (Å²) < 4.78 is 0. The van der Waals surface area contributed by atoms with Gasteiger partial charge in [-0.15, -0.1) is 0 Å². The standard InChI is InChI=1S/C8H17N5/c1-6(2)4-5-7(13-11-3)8(9)12-10/h4-5,11,13H,10H2,1-3H3,(H2,9,12). The topological polar surface area (TPSA) is 88.5 Å². The van der Waals surface area contributed by atoms with E-state index < -0.39 is 0 Å². The Labute approximate surface area is 78.5 Å². The summed E-state index contributed by atoms with van der Waals surface area (Å²) in [6.45, 7) is 3.98. The molecule has 0 spiro atoms. The van der Waals surface area contributed by atoms with E-state index in [0.29, 0.717) is 5.70 Å². The predicted octanol–water partition coefficient (Wildman–Crippen LogP) is -0.209. The molecule has 0 saturated heterocycles. The first kappa shape index (κ1) is 11.5. The van der Waals surface area contributed by atoms with Gasteiger partial charge in [-0.25, -0.2) is 5.43 Å². The molecule has 6 N–H and O–H groups in total. The summed E-state index contributed by atoms with van der Waals surface area (Å²) in [4.78, 5) is 0. The summed E-state index contributed by atoms with van der Waals surface area (Å²) in [6, 6.07) is 0. The monoisotopic (exact) mass is 183 g/mol. The zero-order chi connectivity index (χ0) is 10.3. The molecule has 5 heteroatoms. The number of nitrogens with two attached hydrogens (primary N) is 2. The van der Waals surface area contributed by atoms with Gasteiger partial charge in [0.1, 0.15) is 0 Å². The molecule has 13 heavy (non-hydrogen) atoms. The Morgan fingerprint density at radius 1 is 1.31 bits per heavy atom. The van der Waals surface area contributed by atoms with Crippen LogP contribution in [0.2, 0.25) is 0 Å². The summed E-state index contributed by atoms with van der Waals surface area (Å²) in [6.07, 6.45) is 3.72. The molecule has 0 bridgehead atoms. The molecule has 0 rings (SSSR count). The minimum Gasteiger partial charge on any atom is -0.381 e. The summed E-state index contributed by atoms with van der Waals surface area (Å²) in [5, 5.41) is 3.38. The van der Waals surface area contributed by atoms with Gasteiger partial charge in [0.05, 0.1) is 5.70 Å².